The molecule has 5 nitrogen and oxygen atoms in total. The van der Waals surface area contributed by atoms with Crippen LogP contribution in [0.3, 0.4) is 0 Å². The second-order valence-corrected chi connectivity index (χ2v) is 3.89. The fourth-order valence-corrected chi connectivity index (χ4v) is 1.60. The lowest BCUT2D eigenvalue weighted by atomic mass is 10.1. The van der Waals surface area contributed by atoms with Gasteiger partial charge in [0.25, 0.3) is 5.91 Å². The molecule has 0 aliphatic heterocycles. The third kappa shape index (κ3) is 2.74. The van der Waals surface area contributed by atoms with Crippen molar-refractivity contribution in [2.75, 3.05) is 5.32 Å². The van der Waals surface area contributed by atoms with Crippen molar-refractivity contribution in [3.63, 3.8) is 0 Å². The first-order valence-electron chi connectivity index (χ1n) is 5.45. The van der Waals surface area contributed by atoms with Crippen molar-refractivity contribution in [2.45, 2.75) is 6.42 Å². The Bertz CT molecular complexity index is 609. The molecule has 18 heavy (non-hydrogen) atoms. The van der Waals surface area contributed by atoms with E-state index in [0.717, 1.165) is 5.56 Å². The summed E-state index contributed by atoms with van der Waals surface area (Å²) in [6.45, 7) is 0. The first kappa shape index (κ1) is 11.9. The fourth-order valence-electron chi connectivity index (χ4n) is 1.60. The molecule has 0 saturated heterocycles. The van der Waals surface area contributed by atoms with Gasteiger partial charge in [-0.3, -0.25) is 9.48 Å². The number of hydrogen-bond acceptors (Lipinski definition) is 3. The van der Waals surface area contributed by atoms with Gasteiger partial charge in [-0.05, 0) is 17.7 Å². The van der Waals surface area contributed by atoms with Gasteiger partial charge in [0.15, 0.2) is 0 Å². The predicted molar refractivity (Wildman–Crippen MR) is 66.9 cm³/mol. The van der Waals surface area contributed by atoms with E-state index in [2.05, 4.69) is 16.5 Å². The molecular formula is C13H12N4O. The highest BCUT2D eigenvalue weighted by Crippen LogP contribution is 2.10. The molecule has 1 heterocycles. The molecule has 5 heteroatoms. The van der Waals surface area contributed by atoms with E-state index >= 15 is 0 Å². The zero-order valence-electron chi connectivity index (χ0n) is 9.92. The molecule has 0 aliphatic rings. The van der Waals surface area contributed by atoms with Crippen molar-refractivity contribution < 1.29 is 4.79 Å². The topological polar surface area (TPSA) is 70.7 Å². The van der Waals surface area contributed by atoms with Crippen molar-refractivity contribution in [3.05, 3.63) is 47.8 Å². The van der Waals surface area contributed by atoms with Crippen LogP contribution in [0.5, 0.6) is 0 Å². The monoisotopic (exact) mass is 240 g/mol. The van der Waals surface area contributed by atoms with Crippen LogP contribution in [0.4, 0.5) is 5.69 Å². The molecule has 0 radical (unpaired) electrons. The van der Waals surface area contributed by atoms with Crippen molar-refractivity contribution in [3.8, 4) is 6.07 Å². The van der Waals surface area contributed by atoms with Gasteiger partial charge in [-0.25, -0.2) is 0 Å². The number of carbonyl (C=O) groups excluding carboxylic acids is 1. The van der Waals surface area contributed by atoms with Gasteiger partial charge in [0, 0.05) is 18.8 Å². The van der Waals surface area contributed by atoms with Gasteiger partial charge in [0.2, 0.25) is 0 Å². The molecule has 0 aliphatic carbocycles. The number of anilines is 1. The van der Waals surface area contributed by atoms with Crippen LogP contribution in [0, 0.1) is 11.3 Å². The first-order valence-corrected chi connectivity index (χ1v) is 5.45. The average Bonchev–Trinajstić information content (AvgIpc) is 2.75. The summed E-state index contributed by atoms with van der Waals surface area (Å²) >= 11 is 0. The molecule has 2 aromatic rings. The highest BCUT2D eigenvalue weighted by atomic mass is 16.1. The van der Waals surface area contributed by atoms with Crippen LogP contribution in [0.15, 0.2) is 36.7 Å². The summed E-state index contributed by atoms with van der Waals surface area (Å²) in [6, 6.07) is 9.08. The fraction of sp³-hybridized carbons (Fsp3) is 0.154. The van der Waals surface area contributed by atoms with Crippen LogP contribution in [-0.2, 0) is 13.5 Å². The number of amides is 1. The zero-order valence-corrected chi connectivity index (χ0v) is 9.92. The third-order valence-electron chi connectivity index (χ3n) is 2.44. The Morgan fingerprint density at radius 3 is 3.06 bits per heavy atom. The van der Waals surface area contributed by atoms with E-state index < -0.39 is 0 Å². The number of aryl methyl sites for hydroxylation is 1. The van der Waals surface area contributed by atoms with Gasteiger partial charge in [0.05, 0.1) is 24.4 Å². The van der Waals surface area contributed by atoms with E-state index in [1.165, 1.54) is 0 Å². The molecule has 0 atom stereocenters. The first-order chi connectivity index (χ1) is 8.69. The zero-order chi connectivity index (χ0) is 13.0. The van der Waals surface area contributed by atoms with Crippen molar-refractivity contribution >= 4 is 11.6 Å². The van der Waals surface area contributed by atoms with Crippen LogP contribution in [0.25, 0.3) is 0 Å². The number of aromatic nitrogens is 2. The van der Waals surface area contributed by atoms with Crippen molar-refractivity contribution in [1.29, 1.82) is 5.26 Å². The van der Waals surface area contributed by atoms with Crippen LogP contribution < -0.4 is 5.32 Å². The number of nitrogens with zero attached hydrogens (tertiary/aromatic N) is 3. The number of rotatable bonds is 3. The van der Waals surface area contributed by atoms with Crippen molar-refractivity contribution in [1.82, 2.24) is 9.78 Å². The molecule has 0 unspecified atom stereocenters. The van der Waals surface area contributed by atoms with Crippen LogP contribution in [-0.4, -0.2) is 15.7 Å². The standard InChI is InChI=1S/C13H12N4O/c1-17-9-12(8-15-17)16-13(18)11-4-2-3-10(7-11)5-6-14/h2-4,7-9H,5H2,1H3,(H,16,18). The molecule has 0 bridgehead atoms. The lowest BCUT2D eigenvalue weighted by molar-refractivity contribution is 0.102. The third-order valence-corrected chi connectivity index (χ3v) is 2.44. The van der Waals surface area contributed by atoms with Gasteiger partial charge in [-0.15, -0.1) is 0 Å². The SMILES string of the molecule is Cn1cc(NC(=O)c2cccc(CC#N)c2)cn1. The Labute approximate surface area is 105 Å². The molecule has 0 fully saturated rings. The summed E-state index contributed by atoms with van der Waals surface area (Å²) in [7, 11) is 1.78. The molecule has 90 valence electrons. The minimum Gasteiger partial charge on any atom is -0.319 e. The summed E-state index contributed by atoms with van der Waals surface area (Å²) in [6.07, 6.45) is 3.60. The second-order valence-electron chi connectivity index (χ2n) is 3.89. The minimum absolute atomic E-state index is 0.206. The number of nitrogens with one attached hydrogen (secondary N) is 1. The summed E-state index contributed by atoms with van der Waals surface area (Å²) in [5.74, 6) is -0.206. The minimum atomic E-state index is -0.206. The summed E-state index contributed by atoms with van der Waals surface area (Å²) < 4.78 is 1.61. The van der Waals surface area contributed by atoms with E-state index in [-0.39, 0.29) is 5.91 Å². The predicted octanol–water partition coefficient (Wildman–Crippen LogP) is 1.74. The van der Waals surface area contributed by atoms with Gasteiger partial charge < -0.3 is 5.32 Å². The van der Waals surface area contributed by atoms with E-state index in [4.69, 9.17) is 5.26 Å². The van der Waals surface area contributed by atoms with Crippen LogP contribution >= 0.6 is 0 Å². The van der Waals surface area contributed by atoms with E-state index in [0.29, 0.717) is 17.7 Å². The maximum atomic E-state index is 11.9. The number of nitriles is 1. The largest absolute Gasteiger partial charge is 0.319 e. The Balaban J connectivity index is 2.14. The maximum absolute atomic E-state index is 11.9. The maximum Gasteiger partial charge on any atom is 0.255 e. The normalized spacial score (nSPS) is 9.78. The van der Waals surface area contributed by atoms with E-state index in [9.17, 15) is 4.79 Å². The van der Waals surface area contributed by atoms with Gasteiger partial charge in [0.1, 0.15) is 0 Å². The van der Waals surface area contributed by atoms with Gasteiger partial charge >= 0.3 is 0 Å². The van der Waals surface area contributed by atoms with E-state index in [1.54, 1.807) is 42.3 Å². The molecule has 1 amide bonds. The Morgan fingerprint density at radius 1 is 1.56 bits per heavy atom. The van der Waals surface area contributed by atoms with Crippen LogP contribution in [0.2, 0.25) is 0 Å². The Morgan fingerprint density at radius 2 is 2.39 bits per heavy atom. The molecule has 0 saturated carbocycles. The number of benzene rings is 1. The molecule has 1 N–H and O–H groups in total. The average molecular weight is 240 g/mol. The van der Waals surface area contributed by atoms with E-state index in [1.807, 2.05) is 6.07 Å². The molecule has 0 spiro atoms. The number of hydrogen-bond donors (Lipinski definition) is 1. The molecule has 1 aromatic heterocycles. The highest BCUT2D eigenvalue weighted by molar-refractivity contribution is 6.04. The molecular weight excluding hydrogens is 228 g/mol. The second kappa shape index (κ2) is 5.15. The molecule has 2 rings (SSSR count). The lowest BCUT2D eigenvalue weighted by Crippen LogP contribution is -2.11. The Kier molecular flexibility index (Phi) is 3.39. The smallest absolute Gasteiger partial charge is 0.255 e. The number of carbonyl (C=O) groups is 1. The summed E-state index contributed by atoms with van der Waals surface area (Å²) in [4.78, 5) is 11.9. The lowest BCUT2D eigenvalue weighted by Gasteiger charge is -2.03. The highest BCUT2D eigenvalue weighted by Gasteiger charge is 2.07. The van der Waals surface area contributed by atoms with Crippen molar-refractivity contribution in [2.24, 2.45) is 7.05 Å². The van der Waals surface area contributed by atoms with Crippen LogP contribution in [0.1, 0.15) is 15.9 Å². The quantitative estimate of drug-likeness (QED) is 0.888. The summed E-state index contributed by atoms with van der Waals surface area (Å²) in [5, 5.41) is 15.3. The van der Waals surface area contributed by atoms with Gasteiger partial charge in [-0.1, -0.05) is 12.1 Å². The molecule has 1 aromatic carbocycles. The van der Waals surface area contributed by atoms with Gasteiger partial charge in [-0.2, -0.15) is 10.4 Å². The Hall–Kier alpha value is -2.61. The summed E-state index contributed by atoms with van der Waals surface area (Å²) in [5.41, 5.74) is 2.01.